The van der Waals surface area contributed by atoms with Crippen molar-refractivity contribution in [3.63, 3.8) is 0 Å². The molecule has 0 aliphatic heterocycles. The van der Waals surface area contributed by atoms with Gasteiger partial charge in [0.05, 0.1) is 23.8 Å². The summed E-state index contributed by atoms with van der Waals surface area (Å²) < 4.78 is 7.29. The molecular weight excluding hydrogens is 228 g/mol. The van der Waals surface area contributed by atoms with Gasteiger partial charge in [0.15, 0.2) is 5.76 Å². The predicted molar refractivity (Wildman–Crippen MR) is 69.1 cm³/mol. The maximum absolute atomic E-state index is 5.78. The highest BCUT2D eigenvalue weighted by atomic mass is 16.5. The zero-order valence-corrected chi connectivity index (χ0v) is 10.1. The van der Waals surface area contributed by atoms with Gasteiger partial charge in [-0.2, -0.15) is 0 Å². The number of nitrogens with zero attached hydrogens (tertiary/aromatic N) is 3. The number of aromatic nitrogens is 3. The maximum atomic E-state index is 5.78. The van der Waals surface area contributed by atoms with Crippen molar-refractivity contribution in [3.8, 4) is 0 Å². The standard InChI is InChI=1S/C13H14N4O/c1-2-13-16-11-7-9(14)3-4-12(11)17(13)8-10-5-6-15-18-10/h3-7H,2,8,14H2,1H3. The Balaban J connectivity index is 2.13. The van der Waals surface area contributed by atoms with Crippen molar-refractivity contribution in [1.82, 2.24) is 14.7 Å². The Morgan fingerprint density at radius 2 is 2.22 bits per heavy atom. The lowest BCUT2D eigenvalue weighted by molar-refractivity contribution is 0.376. The van der Waals surface area contributed by atoms with Gasteiger partial charge in [-0.05, 0) is 18.2 Å². The van der Waals surface area contributed by atoms with Gasteiger partial charge in [-0.3, -0.25) is 0 Å². The number of benzene rings is 1. The number of anilines is 1. The summed E-state index contributed by atoms with van der Waals surface area (Å²) in [5.41, 5.74) is 8.50. The molecule has 2 N–H and O–H groups in total. The van der Waals surface area contributed by atoms with Crippen molar-refractivity contribution in [2.75, 3.05) is 5.73 Å². The Labute approximate surface area is 104 Å². The summed E-state index contributed by atoms with van der Waals surface area (Å²) in [6.07, 6.45) is 2.51. The van der Waals surface area contributed by atoms with E-state index in [1.807, 2.05) is 24.3 Å². The third-order valence-corrected chi connectivity index (χ3v) is 2.97. The van der Waals surface area contributed by atoms with Crippen molar-refractivity contribution in [3.05, 3.63) is 42.0 Å². The number of imidazole rings is 1. The number of nitrogen functional groups attached to an aromatic ring is 1. The molecule has 0 fully saturated rings. The molecule has 0 spiro atoms. The van der Waals surface area contributed by atoms with Crippen LogP contribution < -0.4 is 5.73 Å². The number of hydrogen-bond donors (Lipinski definition) is 1. The van der Waals surface area contributed by atoms with Crippen LogP contribution in [0.5, 0.6) is 0 Å². The molecule has 2 aromatic heterocycles. The maximum Gasteiger partial charge on any atom is 0.156 e. The Morgan fingerprint density at radius 3 is 2.94 bits per heavy atom. The van der Waals surface area contributed by atoms with Gasteiger partial charge in [-0.25, -0.2) is 4.98 Å². The van der Waals surface area contributed by atoms with E-state index >= 15 is 0 Å². The topological polar surface area (TPSA) is 69.9 Å². The van der Waals surface area contributed by atoms with Crippen LogP contribution >= 0.6 is 0 Å². The van der Waals surface area contributed by atoms with Crippen molar-refractivity contribution in [1.29, 1.82) is 0 Å². The highest BCUT2D eigenvalue weighted by molar-refractivity contribution is 5.79. The fourth-order valence-electron chi connectivity index (χ4n) is 2.12. The van der Waals surface area contributed by atoms with Crippen LogP contribution in [0.2, 0.25) is 0 Å². The van der Waals surface area contributed by atoms with Gasteiger partial charge in [-0.15, -0.1) is 0 Å². The van der Waals surface area contributed by atoms with E-state index in [4.69, 9.17) is 10.3 Å². The Kier molecular flexibility index (Phi) is 2.51. The lowest BCUT2D eigenvalue weighted by atomic mass is 10.3. The first kappa shape index (κ1) is 10.8. The highest BCUT2D eigenvalue weighted by Gasteiger charge is 2.11. The smallest absolute Gasteiger partial charge is 0.156 e. The molecule has 0 amide bonds. The molecule has 0 bridgehead atoms. The molecule has 0 saturated carbocycles. The fraction of sp³-hybridized carbons (Fsp3) is 0.231. The number of aryl methyl sites for hydroxylation is 1. The molecule has 2 heterocycles. The summed E-state index contributed by atoms with van der Waals surface area (Å²) in [5, 5.41) is 3.72. The average Bonchev–Trinajstić information content (AvgIpc) is 2.97. The van der Waals surface area contributed by atoms with E-state index in [-0.39, 0.29) is 0 Å². The summed E-state index contributed by atoms with van der Waals surface area (Å²) in [7, 11) is 0. The first-order chi connectivity index (χ1) is 8.78. The second-order valence-corrected chi connectivity index (χ2v) is 4.19. The van der Waals surface area contributed by atoms with E-state index < -0.39 is 0 Å². The van der Waals surface area contributed by atoms with Gasteiger partial charge < -0.3 is 14.8 Å². The predicted octanol–water partition coefficient (Wildman–Crippen LogP) is 2.22. The van der Waals surface area contributed by atoms with E-state index in [0.29, 0.717) is 6.54 Å². The Bertz CT molecular complexity index is 670. The summed E-state index contributed by atoms with van der Waals surface area (Å²) in [5.74, 6) is 1.84. The quantitative estimate of drug-likeness (QED) is 0.715. The fourth-order valence-corrected chi connectivity index (χ4v) is 2.12. The van der Waals surface area contributed by atoms with Gasteiger partial charge in [0.25, 0.3) is 0 Å². The van der Waals surface area contributed by atoms with Crippen LogP contribution in [0.25, 0.3) is 11.0 Å². The second-order valence-electron chi connectivity index (χ2n) is 4.19. The molecule has 0 saturated heterocycles. The molecule has 3 rings (SSSR count). The molecule has 5 heteroatoms. The van der Waals surface area contributed by atoms with Gasteiger partial charge >= 0.3 is 0 Å². The average molecular weight is 242 g/mol. The summed E-state index contributed by atoms with van der Waals surface area (Å²) in [6.45, 7) is 2.73. The van der Waals surface area contributed by atoms with E-state index in [2.05, 4.69) is 21.6 Å². The Hall–Kier alpha value is -2.30. The lowest BCUT2D eigenvalue weighted by Crippen LogP contribution is -2.03. The van der Waals surface area contributed by atoms with Crippen LogP contribution in [0, 0.1) is 0 Å². The van der Waals surface area contributed by atoms with Crippen LogP contribution in [0.1, 0.15) is 18.5 Å². The normalized spacial score (nSPS) is 11.2. The minimum atomic E-state index is 0.642. The number of hydrogen-bond acceptors (Lipinski definition) is 4. The minimum Gasteiger partial charge on any atom is -0.399 e. The largest absolute Gasteiger partial charge is 0.399 e. The number of nitrogens with two attached hydrogens (primary N) is 1. The molecule has 18 heavy (non-hydrogen) atoms. The van der Waals surface area contributed by atoms with Crippen molar-refractivity contribution in [2.45, 2.75) is 19.9 Å². The monoisotopic (exact) mass is 242 g/mol. The van der Waals surface area contributed by atoms with Crippen LogP contribution in [-0.2, 0) is 13.0 Å². The van der Waals surface area contributed by atoms with Crippen LogP contribution in [0.15, 0.2) is 35.0 Å². The molecule has 3 aromatic rings. The van der Waals surface area contributed by atoms with Crippen molar-refractivity contribution >= 4 is 16.7 Å². The Morgan fingerprint density at radius 1 is 1.33 bits per heavy atom. The molecule has 0 unspecified atom stereocenters. The number of rotatable bonds is 3. The zero-order chi connectivity index (χ0) is 12.5. The molecule has 0 aliphatic carbocycles. The molecule has 1 aromatic carbocycles. The van der Waals surface area contributed by atoms with E-state index in [1.54, 1.807) is 6.20 Å². The van der Waals surface area contributed by atoms with Gasteiger partial charge in [0.1, 0.15) is 5.82 Å². The zero-order valence-electron chi connectivity index (χ0n) is 10.1. The first-order valence-corrected chi connectivity index (χ1v) is 5.92. The van der Waals surface area contributed by atoms with Gasteiger partial charge in [-0.1, -0.05) is 12.1 Å². The molecule has 92 valence electrons. The molecular formula is C13H14N4O. The van der Waals surface area contributed by atoms with Crippen LogP contribution in [-0.4, -0.2) is 14.7 Å². The van der Waals surface area contributed by atoms with Crippen LogP contribution in [0.3, 0.4) is 0 Å². The van der Waals surface area contributed by atoms with Gasteiger partial charge in [0, 0.05) is 18.2 Å². The third kappa shape index (κ3) is 1.73. The van der Waals surface area contributed by atoms with E-state index in [0.717, 1.165) is 34.7 Å². The van der Waals surface area contributed by atoms with E-state index in [9.17, 15) is 0 Å². The summed E-state index contributed by atoms with van der Waals surface area (Å²) in [4.78, 5) is 4.59. The molecule has 5 nitrogen and oxygen atoms in total. The molecule has 0 radical (unpaired) electrons. The van der Waals surface area contributed by atoms with E-state index in [1.165, 1.54) is 0 Å². The van der Waals surface area contributed by atoms with Gasteiger partial charge in [0.2, 0.25) is 0 Å². The van der Waals surface area contributed by atoms with Crippen molar-refractivity contribution in [2.24, 2.45) is 0 Å². The minimum absolute atomic E-state index is 0.642. The lowest BCUT2D eigenvalue weighted by Gasteiger charge is -2.05. The highest BCUT2D eigenvalue weighted by Crippen LogP contribution is 2.20. The first-order valence-electron chi connectivity index (χ1n) is 5.92. The van der Waals surface area contributed by atoms with Crippen LogP contribution in [0.4, 0.5) is 5.69 Å². The van der Waals surface area contributed by atoms with Crippen molar-refractivity contribution < 1.29 is 4.52 Å². The second kappa shape index (κ2) is 4.18. The molecule has 0 atom stereocenters. The molecule has 0 aliphatic rings. The number of fused-ring (bicyclic) bond motifs is 1. The SMILES string of the molecule is CCc1nc2cc(N)ccc2n1Cc1ccno1. The third-order valence-electron chi connectivity index (χ3n) is 2.97. The summed E-state index contributed by atoms with van der Waals surface area (Å²) in [6, 6.07) is 7.64. The summed E-state index contributed by atoms with van der Waals surface area (Å²) >= 11 is 0.